The molecule has 0 atom stereocenters. The third-order valence-corrected chi connectivity index (χ3v) is 7.21. The second-order valence-corrected chi connectivity index (χ2v) is 9.98. The van der Waals surface area contributed by atoms with Gasteiger partial charge in [-0.2, -0.15) is 0 Å². The Bertz CT molecular complexity index is 1080. The zero-order chi connectivity index (χ0) is 23.8. The van der Waals surface area contributed by atoms with Crippen molar-refractivity contribution >= 4 is 27.5 Å². The summed E-state index contributed by atoms with van der Waals surface area (Å²) >= 11 is 0. The smallest absolute Gasteiger partial charge is 0.313 e. The first-order valence-electron chi connectivity index (χ1n) is 11.1. The van der Waals surface area contributed by atoms with Gasteiger partial charge in [0.05, 0.1) is 17.7 Å². The van der Waals surface area contributed by atoms with Crippen LogP contribution < -0.4 is 20.1 Å². The minimum atomic E-state index is -3.54. The number of carbonyl (C=O) groups is 2. The standard InChI is InChI=1S/C24H31N3O5S/c1-17-8-13-22(32-2)21(16-17)26-24(29)23(28)25-15-14-18-9-11-20(12-10-18)33(30,31)27-19-6-4-3-5-7-19/h8-13,16,19,27H,3-7,14-15H2,1-2H3,(H,25,28)(H,26,29). The minimum Gasteiger partial charge on any atom is -0.495 e. The Kier molecular flexibility index (Phi) is 8.46. The fourth-order valence-electron chi connectivity index (χ4n) is 3.84. The zero-order valence-corrected chi connectivity index (χ0v) is 19.8. The minimum absolute atomic E-state index is 0.00422. The topological polar surface area (TPSA) is 114 Å². The van der Waals surface area contributed by atoms with Crippen LogP contribution in [-0.4, -0.2) is 39.9 Å². The lowest BCUT2D eigenvalue weighted by Gasteiger charge is -2.22. The van der Waals surface area contributed by atoms with E-state index in [0.29, 0.717) is 17.9 Å². The van der Waals surface area contributed by atoms with E-state index in [1.807, 2.05) is 13.0 Å². The van der Waals surface area contributed by atoms with Gasteiger partial charge in [0.1, 0.15) is 5.75 Å². The summed E-state index contributed by atoms with van der Waals surface area (Å²) in [5.74, 6) is -1.07. The van der Waals surface area contributed by atoms with Gasteiger partial charge in [-0.05, 0) is 61.6 Å². The molecule has 3 N–H and O–H groups in total. The number of rotatable bonds is 8. The van der Waals surface area contributed by atoms with Crippen LogP contribution in [0.15, 0.2) is 47.4 Å². The van der Waals surface area contributed by atoms with E-state index in [1.165, 1.54) is 7.11 Å². The molecule has 2 amide bonds. The van der Waals surface area contributed by atoms with Crippen LogP contribution in [0, 0.1) is 6.92 Å². The number of ether oxygens (including phenoxy) is 1. The molecule has 0 aliphatic heterocycles. The lowest BCUT2D eigenvalue weighted by atomic mass is 9.96. The van der Waals surface area contributed by atoms with Gasteiger partial charge in [0.15, 0.2) is 0 Å². The van der Waals surface area contributed by atoms with E-state index in [4.69, 9.17) is 4.74 Å². The van der Waals surface area contributed by atoms with E-state index in [-0.39, 0.29) is 17.5 Å². The van der Waals surface area contributed by atoms with E-state index in [1.54, 1.807) is 36.4 Å². The summed E-state index contributed by atoms with van der Waals surface area (Å²) < 4.78 is 33.2. The van der Waals surface area contributed by atoms with Crippen molar-refractivity contribution < 1.29 is 22.7 Å². The van der Waals surface area contributed by atoms with Gasteiger partial charge < -0.3 is 15.4 Å². The molecule has 2 aromatic carbocycles. The Balaban J connectivity index is 1.48. The van der Waals surface area contributed by atoms with E-state index in [2.05, 4.69) is 15.4 Å². The Morgan fingerprint density at radius 1 is 1.00 bits per heavy atom. The molecule has 33 heavy (non-hydrogen) atoms. The van der Waals surface area contributed by atoms with Gasteiger partial charge >= 0.3 is 11.8 Å². The number of hydrogen-bond acceptors (Lipinski definition) is 5. The van der Waals surface area contributed by atoms with Crippen LogP contribution in [0.3, 0.4) is 0 Å². The molecular weight excluding hydrogens is 442 g/mol. The van der Waals surface area contributed by atoms with Crippen LogP contribution in [0.4, 0.5) is 5.69 Å². The highest BCUT2D eigenvalue weighted by Gasteiger charge is 2.21. The third kappa shape index (κ3) is 7.03. The van der Waals surface area contributed by atoms with Crippen molar-refractivity contribution in [2.24, 2.45) is 0 Å². The van der Waals surface area contributed by atoms with Crippen LogP contribution in [0.2, 0.25) is 0 Å². The Morgan fingerprint density at radius 2 is 1.70 bits per heavy atom. The maximum absolute atomic E-state index is 12.6. The van der Waals surface area contributed by atoms with Crippen molar-refractivity contribution in [3.63, 3.8) is 0 Å². The average molecular weight is 474 g/mol. The summed E-state index contributed by atoms with van der Waals surface area (Å²) in [5, 5.41) is 5.14. The highest BCUT2D eigenvalue weighted by Crippen LogP contribution is 2.25. The predicted octanol–water partition coefficient (Wildman–Crippen LogP) is 2.91. The summed E-state index contributed by atoms with van der Waals surface area (Å²) in [7, 11) is -2.05. The molecule has 1 fully saturated rings. The number of anilines is 1. The van der Waals surface area contributed by atoms with E-state index >= 15 is 0 Å². The molecular formula is C24H31N3O5S. The fourth-order valence-corrected chi connectivity index (χ4v) is 5.15. The molecule has 8 nitrogen and oxygen atoms in total. The van der Waals surface area contributed by atoms with Crippen molar-refractivity contribution in [3.05, 3.63) is 53.6 Å². The van der Waals surface area contributed by atoms with Crippen molar-refractivity contribution in [3.8, 4) is 5.75 Å². The van der Waals surface area contributed by atoms with Crippen LogP contribution in [0.5, 0.6) is 5.75 Å². The first-order chi connectivity index (χ1) is 15.8. The van der Waals surface area contributed by atoms with E-state index in [0.717, 1.165) is 43.2 Å². The largest absolute Gasteiger partial charge is 0.495 e. The lowest BCUT2D eigenvalue weighted by molar-refractivity contribution is -0.136. The average Bonchev–Trinajstić information content (AvgIpc) is 2.80. The second-order valence-electron chi connectivity index (χ2n) is 8.26. The predicted molar refractivity (Wildman–Crippen MR) is 127 cm³/mol. The molecule has 0 spiro atoms. The zero-order valence-electron chi connectivity index (χ0n) is 19.0. The van der Waals surface area contributed by atoms with Gasteiger partial charge in [-0.3, -0.25) is 9.59 Å². The van der Waals surface area contributed by atoms with E-state index < -0.39 is 21.8 Å². The van der Waals surface area contributed by atoms with Crippen LogP contribution in [-0.2, 0) is 26.0 Å². The molecule has 0 unspecified atom stereocenters. The summed E-state index contributed by atoms with van der Waals surface area (Å²) in [6.07, 6.45) is 5.47. The maximum Gasteiger partial charge on any atom is 0.313 e. The second kappa shape index (κ2) is 11.3. The number of nitrogens with one attached hydrogen (secondary N) is 3. The summed E-state index contributed by atoms with van der Waals surface area (Å²) in [6, 6.07) is 11.9. The molecule has 0 aromatic heterocycles. The van der Waals surface area contributed by atoms with Gasteiger partial charge in [0.25, 0.3) is 0 Å². The van der Waals surface area contributed by atoms with Crippen LogP contribution >= 0.6 is 0 Å². The van der Waals surface area contributed by atoms with Gasteiger partial charge in [0, 0.05) is 12.6 Å². The SMILES string of the molecule is COc1ccc(C)cc1NC(=O)C(=O)NCCc1ccc(S(=O)(=O)NC2CCCCC2)cc1. The quantitative estimate of drug-likeness (QED) is 0.510. The van der Waals surface area contributed by atoms with Gasteiger partial charge in [-0.15, -0.1) is 0 Å². The third-order valence-electron chi connectivity index (χ3n) is 5.67. The highest BCUT2D eigenvalue weighted by atomic mass is 32.2. The fraction of sp³-hybridized carbons (Fsp3) is 0.417. The van der Waals surface area contributed by atoms with Crippen molar-refractivity contribution in [1.29, 1.82) is 0 Å². The number of amides is 2. The first kappa shape index (κ1) is 24.7. The molecule has 0 saturated heterocycles. The summed E-state index contributed by atoms with van der Waals surface area (Å²) in [4.78, 5) is 24.6. The van der Waals surface area contributed by atoms with Gasteiger partial charge in [0.2, 0.25) is 10.0 Å². The highest BCUT2D eigenvalue weighted by molar-refractivity contribution is 7.89. The Labute approximate surface area is 195 Å². The number of aryl methyl sites for hydroxylation is 1. The van der Waals surface area contributed by atoms with Crippen molar-refractivity contribution in [2.45, 2.75) is 56.4 Å². The normalized spacial score (nSPS) is 14.5. The molecule has 178 valence electrons. The van der Waals surface area contributed by atoms with Crippen molar-refractivity contribution in [1.82, 2.24) is 10.0 Å². The number of benzene rings is 2. The maximum atomic E-state index is 12.6. The Morgan fingerprint density at radius 3 is 2.36 bits per heavy atom. The molecule has 9 heteroatoms. The molecule has 0 heterocycles. The van der Waals surface area contributed by atoms with E-state index in [9.17, 15) is 18.0 Å². The Hall–Kier alpha value is -2.91. The van der Waals surface area contributed by atoms with Crippen LogP contribution in [0.25, 0.3) is 0 Å². The van der Waals surface area contributed by atoms with Crippen LogP contribution in [0.1, 0.15) is 43.2 Å². The molecule has 1 aliphatic rings. The monoisotopic (exact) mass is 473 g/mol. The van der Waals surface area contributed by atoms with Gasteiger partial charge in [-0.25, -0.2) is 13.1 Å². The molecule has 3 rings (SSSR count). The molecule has 0 bridgehead atoms. The first-order valence-corrected chi connectivity index (χ1v) is 12.6. The molecule has 2 aromatic rings. The molecule has 1 saturated carbocycles. The summed E-state index contributed by atoms with van der Waals surface area (Å²) in [5.41, 5.74) is 2.20. The lowest BCUT2D eigenvalue weighted by Crippen LogP contribution is -2.36. The van der Waals surface area contributed by atoms with Gasteiger partial charge in [-0.1, -0.05) is 37.5 Å². The summed E-state index contributed by atoms with van der Waals surface area (Å²) in [6.45, 7) is 2.11. The number of hydrogen-bond donors (Lipinski definition) is 3. The number of methoxy groups -OCH3 is 1. The molecule has 1 aliphatic carbocycles. The van der Waals surface area contributed by atoms with Crippen molar-refractivity contribution in [2.75, 3.05) is 19.0 Å². The number of carbonyl (C=O) groups excluding carboxylic acids is 2. The molecule has 0 radical (unpaired) electrons. The number of sulfonamides is 1.